The van der Waals surface area contributed by atoms with Crippen molar-refractivity contribution in [2.45, 2.75) is 228 Å². The first-order valence-corrected chi connectivity index (χ1v) is 27.2. The summed E-state index contributed by atoms with van der Waals surface area (Å²) in [6, 6.07) is 0.956. The average Bonchev–Trinajstić information content (AvgIpc) is 3.36. The largest absolute Gasteiger partial charge is 0.503 e. The summed E-state index contributed by atoms with van der Waals surface area (Å²) >= 11 is 0. The Morgan fingerprint density at radius 1 is 0.318 bits per heavy atom. The molecular formula is C48H75NO36. The van der Waals surface area contributed by atoms with Crippen molar-refractivity contribution in [3.8, 4) is 5.75 Å². The van der Waals surface area contributed by atoms with Gasteiger partial charge in [0.2, 0.25) is 5.43 Å². The lowest BCUT2D eigenvalue weighted by molar-refractivity contribution is -0.396. The van der Waals surface area contributed by atoms with Crippen molar-refractivity contribution < 1.29 is 174 Å². The smallest absolute Gasteiger partial charge is 0.223 e. The fourth-order valence-corrected chi connectivity index (χ4v) is 11.5. The van der Waals surface area contributed by atoms with E-state index < -0.39 is 272 Å². The van der Waals surface area contributed by atoms with Crippen LogP contribution in [0.4, 0.5) is 0 Å². The van der Waals surface area contributed by atoms with Crippen LogP contribution in [0.25, 0.3) is 0 Å². The highest BCUT2D eigenvalue weighted by Gasteiger charge is 2.59. The minimum atomic E-state index is -2.26. The molecule has 0 unspecified atom stereocenters. The molecule has 0 radical (unpaired) electrons. The molecular weight excluding hydrogens is 1170 g/mol. The monoisotopic (exact) mass is 1240 g/mol. The molecule has 22 rings (SSSR count). The van der Waals surface area contributed by atoms with E-state index in [1.165, 1.54) is 17.7 Å². The molecule has 1 aromatic rings. The number of aliphatic hydroxyl groups excluding tert-OH is 20. The van der Waals surface area contributed by atoms with E-state index in [0.717, 1.165) is 6.07 Å². The first-order chi connectivity index (χ1) is 40.4. The summed E-state index contributed by atoms with van der Waals surface area (Å²) in [5, 5.41) is 234. The van der Waals surface area contributed by atoms with Gasteiger partial charge < -0.3 is 178 Å². The van der Waals surface area contributed by atoms with Crippen LogP contribution in [0.1, 0.15) is 5.69 Å². The van der Waals surface area contributed by atoms with Crippen molar-refractivity contribution in [3.63, 3.8) is 0 Å². The maximum absolute atomic E-state index is 12.3. The van der Waals surface area contributed by atoms with Gasteiger partial charge in [0.1, 0.15) is 171 Å². The number of rotatable bonds is 8. The normalized spacial score (nSPS) is 51.2. The van der Waals surface area contributed by atoms with Gasteiger partial charge in [0, 0.05) is 12.3 Å². The summed E-state index contributed by atoms with van der Waals surface area (Å²) in [6.45, 7) is -5.63. The first-order valence-electron chi connectivity index (χ1n) is 27.2. The number of aliphatic hydroxyl groups is 20. The highest BCUT2D eigenvalue weighted by atomic mass is 16.8. The van der Waals surface area contributed by atoms with E-state index in [0.29, 0.717) is 0 Å². The zero-order chi connectivity index (χ0) is 61.8. The average molecular weight is 1240 g/mol. The molecule has 21 aliphatic heterocycles. The molecule has 37 nitrogen and oxygen atoms in total. The van der Waals surface area contributed by atoms with Gasteiger partial charge in [-0.2, -0.15) is 0 Å². The van der Waals surface area contributed by atoms with Crippen LogP contribution < -0.4 is 5.43 Å². The van der Waals surface area contributed by atoms with E-state index in [1.54, 1.807) is 0 Å². The molecule has 21 saturated heterocycles. The summed E-state index contributed by atoms with van der Waals surface area (Å²) < 4.78 is 82.3. The number of aromatic nitrogens is 1. The first kappa shape index (κ1) is 66.8. The Labute approximate surface area is 479 Å². The third-order valence-corrected chi connectivity index (χ3v) is 16.4. The van der Waals surface area contributed by atoms with Crippen LogP contribution in [0, 0.1) is 6.92 Å². The molecule has 22 heterocycles. The van der Waals surface area contributed by atoms with Gasteiger partial charge in [-0.25, -0.2) is 0 Å². The molecule has 85 heavy (non-hydrogen) atoms. The van der Waals surface area contributed by atoms with E-state index >= 15 is 0 Å². The van der Waals surface area contributed by atoms with Crippen molar-refractivity contribution in [2.75, 3.05) is 39.6 Å². The van der Waals surface area contributed by atoms with Gasteiger partial charge >= 0.3 is 0 Å². The molecule has 1 aromatic heterocycles. The molecule has 0 amide bonds. The standard InChI is InChI=1S/C48H75NO36/c1-11-20(57)12(56)2-3-49(11)4-13-35-21(58)28(65)42(72-13)80-36-14(5-50)74-44(30(67)23(36)60)82-38-16(7-52)76-46(32(69)25(38)62)84-40-18(9-54)78-48(34(71)27(40)64)85-41-19(10-55)77-47(33(70)26(41)63)83-39-17(8-53)75-45(31(68)24(39)61)81-37-15(6-51)73-43(79-35)29(66)22(37)59/h2-3,13-19,21-48,50-55,57-71H,4-10H2,1H3/t13-,14-,15-,16-,17-,18-,19-,21-,22-,23-,24-,25-,26-,27-,28-,29-,30-,31-,32-,33-,34-,35-,36-,37-,38-,39-,40-,41-,42-,43-,44-,45-,46-,47-,48-/m1/s1. The van der Waals surface area contributed by atoms with Crippen LogP contribution >= 0.6 is 0 Å². The topological polar surface area (TPSA) is 576 Å². The number of pyridine rings is 1. The quantitative estimate of drug-likeness (QED) is 0.115. The van der Waals surface area contributed by atoms with Crippen molar-refractivity contribution in [1.29, 1.82) is 0 Å². The van der Waals surface area contributed by atoms with Crippen molar-refractivity contribution in [1.82, 2.24) is 4.57 Å². The maximum Gasteiger partial charge on any atom is 0.223 e. The Kier molecular flexibility index (Phi) is 21.9. The second kappa shape index (κ2) is 27.9. The highest BCUT2D eigenvalue weighted by Crippen LogP contribution is 2.39. The molecule has 14 bridgehead atoms. The minimum absolute atomic E-state index is 0.0810. The van der Waals surface area contributed by atoms with Gasteiger partial charge in [0.05, 0.1) is 51.9 Å². The highest BCUT2D eigenvalue weighted by molar-refractivity contribution is 5.25. The summed E-state index contributed by atoms with van der Waals surface area (Å²) in [7, 11) is 0. The maximum atomic E-state index is 12.3. The van der Waals surface area contributed by atoms with Crippen LogP contribution in [0.5, 0.6) is 5.75 Å². The van der Waals surface area contributed by atoms with E-state index in [-0.39, 0.29) is 5.69 Å². The predicted octanol–water partition coefficient (Wildman–Crippen LogP) is -14.3. The van der Waals surface area contributed by atoms with Gasteiger partial charge in [0.15, 0.2) is 49.8 Å². The summed E-state index contributed by atoms with van der Waals surface area (Å²) in [4.78, 5) is 12.3. The third-order valence-electron chi connectivity index (χ3n) is 16.4. The summed E-state index contributed by atoms with van der Waals surface area (Å²) in [6.07, 6.45) is -70.1. The third kappa shape index (κ3) is 13.0. The van der Waals surface area contributed by atoms with Gasteiger partial charge in [-0.1, -0.05) is 0 Å². The van der Waals surface area contributed by atoms with Crippen LogP contribution in [0.15, 0.2) is 17.1 Å². The zero-order valence-corrected chi connectivity index (χ0v) is 44.8. The van der Waals surface area contributed by atoms with Crippen LogP contribution in [0.2, 0.25) is 0 Å². The predicted molar refractivity (Wildman–Crippen MR) is 258 cm³/mol. The van der Waals surface area contributed by atoms with Crippen LogP contribution in [-0.4, -0.2) is 366 Å². The molecule has 21 aliphatic rings. The minimum Gasteiger partial charge on any atom is -0.503 e. The Morgan fingerprint density at radius 2 is 0.506 bits per heavy atom. The number of hydrogen-bond donors (Lipinski definition) is 21. The Hall–Kier alpha value is -2.61. The van der Waals surface area contributed by atoms with E-state index in [4.69, 9.17) is 66.3 Å². The molecule has 0 spiro atoms. The zero-order valence-electron chi connectivity index (χ0n) is 44.8. The summed E-state index contributed by atoms with van der Waals surface area (Å²) in [5.74, 6) is -0.728. The van der Waals surface area contributed by atoms with Crippen LogP contribution in [-0.2, 0) is 72.9 Å². The Morgan fingerprint density at radius 3 is 0.706 bits per heavy atom. The number of hydrogen-bond acceptors (Lipinski definition) is 36. The molecule has 21 fully saturated rings. The lowest BCUT2D eigenvalue weighted by atomic mass is 9.95. The fourth-order valence-electron chi connectivity index (χ4n) is 11.5. The van der Waals surface area contributed by atoms with Crippen molar-refractivity contribution >= 4 is 0 Å². The van der Waals surface area contributed by atoms with Gasteiger partial charge in [-0.05, 0) is 6.92 Å². The number of aromatic hydroxyl groups is 1. The second-order valence-electron chi connectivity index (χ2n) is 21.7. The second-order valence-corrected chi connectivity index (χ2v) is 21.7. The molecule has 0 saturated carbocycles. The van der Waals surface area contributed by atoms with Gasteiger partial charge in [0.25, 0.3) is 0 Å². The molecule has 37 heteroatoms. The number of nitrogens with zero attached hydrogens (tertiary/aromatic N) is 1. The van der Waals surface area contributed by atoms with Crippen molar-refractivity contribution in [2.24, 2.45) is 0 Å². The molecule has 0 aliphatic carbocycles. The Bertz CT molecular complexity index is 2350. The molecule has 21 N–H and O–H groups in total. The lowest BCUT2D eigenvalue weighted by Crippen LogP contribution is -2.68. The van der Waals surface area contributed by atoms with E-state index in [9.17, 15) is 112 Å². The van der Waals surface area contributed by atoms with E-state index in [2.05, 4.69) is 0 Å². The Balaban J connectivity index is 1.03. The van der Waals surface area contributed by atoms with Gasteiger partial charge in [-0.3, -0.25) is 4.79 Å². The molecule has 488 valence electrons. The van der Waals surface area contributed by atoms with Crippen molar-refractivity contribution in [3.05, 3.63) is 28.2 Å². The van der Waals surface area contributed by atoms with E-state index in [1.807, 2.05) is 0 Å². The number of ether oxygens (including phenoxy) is 14. The fraction of sp³-hybridized carbons (Fsp3) is 0.896. The summed E-state index contributed by atoms with van der Waals surface area (Å²) in [5.41, 5.74) is -0.887. The lowest BCUT2D eigenvalue weighted by Gasteiger charge is -2.50. The molecule has 35 atom stereocenters. The SMILES string of the molecule is Cc1c(O)c(=O)ccn1C[C@H]1O[C@@H]2O[C@H]3[C@H](O)[C@@H](O)[C@@H](O[C@H]4[C@H](O)[C@@H](O)[C@@H](O[C@H]5[C@H](O)[C@@H](O)[C@@H](O[C@H]6[C@H](O)[C@@H](O)[C@@H](O[C@H]7[C@H](O)[C@@H](O)[C@@H](O[C@H]8[C@H](O)[C@@H](O)[C@@H](O[C@H]1[C@H](O)[C@H]2O)O[C@@H]8CO)O[C@@H]7CO)O[C@@H]6CO)O[C@@H]5CO)O[C@@H]4CO)O[C@@H]3CO. The molecule has 0 aromatic carbocycles. The van der Waals surface area contributed by atoms with Gasteiger partial charge in [-0.15, -0.1) is 0 Å². The van der Waals surface area contributed by atoms with Crippen LogP contribution in [0.3, 0.4) is 0 Å².